The highest BCUT2D eigenvalue weighted by Crippen LogP contribution is 2.25. The van der Waals surface area contributed by atoms with Gasteiger partial charge in [-0.25, -0.2) is 0 Å². The van der Waals surface area contributed by atoms with Crippen LogP contribution >= 0.6 is 0 Å². The van der Waals surface area contributed by atoms with E-state index < -0.39 is 18.0 Å². The van der Waals surface area contributed by atoms with Crippen LogP contribution in [0.3, 0.4) is 0 Å². The quantitative estimate of drug-likeness (QED) is 0.350. The largest absolute Gasteiger partial charge is 0.342 e. The van der Waals surface area contributed by atoms with Crippen LogP contribution in [0.5, 0.6) is 0 Å². The molecule has 0 spiro atoms. The monoisotopic (exact) mass is 526 g/mol. The Bertz CT molecular complexity index is 1340. The van der Waals surface area contributed by atoms with Crippen molar-refractivity contribution in [2.45, 2.75) is 51.2 Å². The van der Waals surface area contributed by atoms with Gasteiger partial charge in [-0.3, -0.25) is 19.2 Å². The molecule has 0 aliphatic carbocycles. The summed E-state index contributed by atoms with van der Waals surface area (Å²) in [5, 5.41) is 5.68. The minimum Gasteiger partial charge on any atom is -0.342 e. The highest BCUT2D eigenvalue weighted by Gasteiger charge is 2.36. The molecular weight excluding hydrogens is 492 g/mol. The molecule has 8 nitrogen and oxygen atoms in total. The highest BCUT2D eigenvalue weighted by molar-refractivity contribution is 6.00. The third-order valence-electron chi connectivity index (χ3n) is 6.91. The molecule has 1 aliphatic heterocycles. The predicted molar refractivity (Wildman–Crippen MR) is 150 cm³/mol. The molecule has 4 rings (SSSR count). The maximum atomic E-state index is 13.6. The molecule has 0 unspecified atom stereocenters. The molecule has 1 heterocycles. The lowest BCUT2D eigenvalue weighted by atomic mass is 9.92. The fourth-order valence-corrected chi connectivity index (χ4v) is 4.81. The number of nitrogens with one attached hydrogen (secondary N) is 2. The van der Waals surface area contributed by atoms with Gasteiger partial charge in [-0.05, 0) is 48.7 Å². The number of ketones is 1. The molecule has 3 aromatic rings. The summed E-state index contributed by atoms with van der Waals surface area (Å²) < 4.78 is 0. The standard InChI is InChI=1S/C31H34N4O4/c1-21-8-7-13-25(18-21)33-30(38)26(16-17-32)34-31(39)27-19-23-11-5-6-12-24(23)20-35(27)29(37)15-14-28(36)22-9-3-2-4-10-22/h2-13,18,26-27H,14-17,19-20,32H2,1H3,(H,33,38)(H,34,39)/t26-,27-/m0/s1. The molecule has 2 atom stereocenters. The summed E-state index contributed by atoms with van der Waals surface area (Å²) in [5.74, 6) is -1.21. The molecule has 1 aliphatic rings. The lowest BCUT2D eigenvalue weighted by Crippen LogP contribution is -2.56. The first-order chi connectivity index (χ1) is 18.9. The van der Waals surface area contributed by atoms with Crippen LogP contribution in [0.2, 0.25) is 0 Å². The minimum absolute atomic E-state index is 0.0141. The van der Waals surface area contributed by atoms with Crippen molar-refractivity contribution in [1.29, 1.82) is 0 Å². The number of Topliss-reactive ketones (excluding diaryl/α,β-unsaturated/α-hetero) is 1. The van der Waals surface area contributed by atoms with Gasteiger partial charge in [0, 0.05) is 37.1 Å². The number of aryl methyl sites for hydroxylation is 1. The summed E-state index contributed by atoms with van der Waals surface area (Å²) in [5.41, 5.74) is 9.87. The van der Waals surface area contributed by atoms with Crippen LogP contribution in [0.4, 0.5) is 5.69 Å². The first-order valence-corrected chi connectivity index (χ1v) is 13.2. The predicted octanol–water partition coefficient (Wildman–Crippen LogP) is 3.38. The number of carbonyl (C=O) groups is 4. The van der Waals surface area contributed by atoms with Gasteiger partial charge in [0.15, 0.2) is 5.78 Å². The van der Waals surface area contributed by atoms with E-state index in [4.69, 9.17) is 5.73 Å². The Morgan fingerprint density at radius 3 is 2.36 bits per heavy atom. The number of anilines is 1. The third-order valence-corrected chi connectivity index (χ3v) is 6.91. The number of hydrogen-bond acceptors (Lipinski definition) is 5. The van der Waals surface area contributed by atoms with Gasteiger partial charge in [-0.2, -0.15) is 0 Å². The van der Waals surface area contributed by atoms with Crippen molar-refractivity contribution in [3.63, 3.8) is 0 Å². The summed E-state index contributed by atoms with van der Waals surface area (Å²) in [6, 6.07) is 22.2. The molecule has 0 saturated heterocycles. The number of amides is 3. The van der Waals surface area contributed by atoms with E-state index in [9.17, 15) is 19.2 Å². The Kier molecular flexibility index (Phi) is 9.22. The summed E-state index contributed by atoms with van der Waals surface area (Å²) in [4.78, 5) is 54.1. The zero-order valence-corrected chi connectivity index (χ0v) is 22.1. The summed E-state index contributed by atoms with van der Waals surface area (Å²) in [6.45, 7) is 2.38. The minimum atomic E-state index is -0.864. The Labute approximate surface area is 228 Å². The first kappa shape index (κ1) is 27.7. The molecule has 0 bridgehead atoms. The average Bonchev–Trinajstić information content (AvgIpc) is 2.95. The summed E-state index contributed by atoms with van der Waals surface area (Å²) >= 11 is 0. The van der Waals surface area contributed by atoms with Crippen molar-refractivity contribution in [3.8, 4) is 0 Å². The average molecular weight is 527 g/mol. The van der Waals surface area contributed by atoms with Gasteiger partial charge in [-0.15, -0.1) is 0 Å². The van der Waals surface area contributed by atoms with Gasteiger partial charge in [0.2, 0.25) is 17.7 Å². The van der Waals surface area contributed by atoms with E-state index in [2.05, 4.69) is 10.6 Å². The third kappa shape index (κ3) is 7.18. The van der Waals surface area contributed by atoms with E-state index >= 15 is 0 Å². The zero-order chi connectivity index (χ0) is 27.8. The van der Waals surface area contributed by atoms with Gasteiger partial charge >= 0.3 is 0 Å². The Morgan fingerprint density at radius 2 is 1.64 bits per heavy atom. The van der Waals surface area contributed by atoms with E-state index in [1.165, 1.54) is 4.90 Å². The first-order valence-electron chi connectivity index (χ1n) is 13.2. The number of nitrogens with zero attached hydrogens (tertiary/aromatic N) is 1. The van der Waals surface area contributed by atoms with Crippen molar-refractivity contribution < 1.29 is 19.2 Å². The van der Waals surface area contributed by atoms with Crippen LogP contribution in [0.15, 0.2) is 78.9 Å². The van der Waals surface area contributed by atoms with Crippen LogP contribution in [0, 0.1) is 6.92 Å². The molecule has 3 aromatic carbocycles. The maximum Gasteiger partial charge on any atom is 0.246 e. The molecular formula is C31H34N4O4. The van der Waals surface area contributed by atoms with E-state index in [0.29, 0.717) is 17.7 Å². The van der Waals surface area contributed by atoms with Crippen LogP contribution in [-0.4, -0.2) is 47.0 Å². The zero-order valence-electron chi connectivity index (χ0n) is 22.1. The molecule has 0 saturated carbocycles. The number of hydrogen-bond donors (Lipinski definition) is 3. The van der Waals surface area contributed by atoms with Crippen molar-refractivity contribution in [2.24, 2.45) is 5.73 Å². The Hall–Kier alpha value is -4.30. The van der Waals surface area contributed by atoms with Gasteiger partial charge in [0.1, 0.15) is 12.1 Å². The van der Waals surface area contributed by atoms with E-state index in [1.807, 2.05) is 55.5 Å². The molecule has 0 aromatic heterocycles. The highest BCUT2D eigenvalue weighted by atomic mass is 16.2. The number of nitrogens with two attached hydrogens (primary N) is 1. The van der Waals surface area contributed by atoms with E-state index in [0.717, 1.165) is 16.7 Å². The summed E-state index contributed by atoms with van der Waals surface area (Å²) in [6.07, 6.45) is 0.589. The number of rotatable bonds is 10. The molecule has 39 heavy (non-hydrogen) atoms. The van der Waals surface area contributed by atoms with E-state index in [-0.39, 0.29) is 49.9 Å². The van der Waals surface area contributed by atoms with Crippen LogP contribution < -0.4 is 16.4 Å². The molecule has 4 N–H and O–H groups in total. The number of benzene rings is 3. The second kappa shape index (κ2) is 13.0. The van der Waals surface area contributed by atoms with E-state index in [1.54, 1.807) is 30.3 Å². The second-order valence-electron chi connectivity index (χ2n) is 9.80. The molecule has 3 amide bonds. The lowest BCUT2D eigenvalue weighted by Gasteiger charge is -2.36. The smallest absolute Gasteiger partial charge is 0.246 e. The van der Waals surface area contributed by atoms with Gasteiger partial charge in [0.05, 0.1) is 0 Å². The normalized spacial score (nSPS) is 15.1. The topological polar surface area (TPSA) is 122 Å². The molecule has 0 fully saturated rings. The van der Waals surface area contributed by atoms with Crippen molar-refractivity contribution in [3.05, 3.63) is 101 Å². The van der Waals surface area contributed by atoms with Crippen molar-refractivity contribution in [1.82, 2.24) is 10.2 Å². The molecule has 8 heteroatoms. The van der Waals surface area contributed by atoms with Crippen molar-refractivity contribution in [2.75, 3.05) is 11.9 Å². The van der Waals surface area contributed by atoms with Crippen molar-refractivity contribution >= 4 is 29.2 Å². The molecule has 0 radical (unpaired) electrons. The van der Waals surface area contributed by atoms with Crippen LogP contribution in [0.1, 0.15) is 46.3 Å². The fourth-order valence-electron chi connectivity index (χ4n) is 4.81. The fraction of sp³-hybridized carbons (Fsp3) is 0.290. The van der Waals surface area contributed by atoms with Crippen LogP contribution in [0.25, 0.3) is 0 Å². The number of fused-ring (bicyclic) bond motifs is 1. The Balaban J connectivity index is 1.48. The Morgan fingerprint density at radius 1 is 0.923 bits per heavy atom. The second-order valence-corrected chi connectivity index (χ2v) is 9.80. The van der Waals surface area contributed by atoms with Gasteiger partial charge in [0.25, 0.3) is 0 Å². The maximum absolute atomic E-state index is 13.6. The van der Waals surface area contributed by atoms with Crippen LogP contribution in [-0.2, 0) is 27.3 Å². The number of carbonyl (C=O) groups excluding carboxylic acids is 4. The lowest BCUT2D eigenvalue weighted by molar-refractivity contribution is -0.142. The van der Waals surface area contributed by atoms with Gasteiger partial charge < -0.3 is 21.3 Å². The molecule has 202 valence electrons. The SMILES string of the molecule is Cc1cccc(NC(=O)[C@H](CCN)NC(=O)[C@@H]2Cc3ccccc3CN2C(=O)CCC(=O)c2ccccc2)c1. The summed E-state index contributed by atoms with van der Waals surface area (Å²) in [7, 11) is 0. The van der Waals surface area contributed by atoms with Gasteiger partial charge in [-0.1, -0.05) is 66.7 Å².